The molecule has 1 aromatic carbocycles. The quantitative estimate of drug-likeness (QED) is 0.593. The van der Waals surface area contributed by atoms with E-state index in [2.05, 4.69) is 0 Å². The minimum absolute atomic E-state index is 0.208. The predicted molar refractivity (Wildman–Crippen MR) is 52.6 cm³/mol. The van der Waals surface area contributed by atoms with Crippen LogP contribution in [0.3, 0.4) is 0 Å². The van der Waals surface area contributed by atoms with Crippen molar-refractivity contribution in [2.24, 2.45) is 0 Å². The van der Waals surface area contributed by atoms with Crippen LogP contribution < -0.4 is 0 Å². The highest BCUT2D eigenvalue weighted by molar-refractivity contribution is 5.98. The van der Waals surface area contributed by atoms with Gasteiger partial charge in [-0.2, -0.15) is 0 Å². The van der Waals surface area contributed by atoms with E-state index in [0.717, 1.165) is 13.0 Å². The number of ketones is 1. The first-order valence-corrected chi connectivity index (χ1v) is 4.25. The molecule has 0 fully saturated rings. The maximum absolute atomic E-state index is 12.5. The van der Waals surface area contributed by atoms with Gasteiger partial charge in [-0.05, 0) is 6.92 Å². The Hall–Kier alpha value is -1.64. The average molecular weight is 194 g/mol. The molecule has 1 unspecified atom stereocenters. The van der Waals surface area contributed by atoms with Gasteiger partial charge in [0.2, 0.25) is 0 Å². The Kier molecular flexibility index (Phi) is 3.40. The molecule has 0 bridgehead atoms. The van der Waals surface area contributed by atoms with Crippen LogP contribution in [0, 0.1) is 0 Å². The zero-order chi connectivity index (χ0) is 10.6. The number of halogens is 1. The molecule has 1 aromatic rings. The van der Waals surface area contributed by atoms with Crippen LogP contribution >= 0.6 is 0 Å². The van der Waals surface area contributed by atoms with Crippen molar-refractivity contribution in [1.29, 1.82) is 0 Å². The third-order valence-corrected chi connectivity index (χ3v) is 1.74. The Balaban J connectivity index is 2.85. The van der Waals surface area contributed by atoms with Gasteiger partial charge in [0.25, 0.3) is 0 Å². The lowest BCUT2D eigenvalue weighted by molar-refractivity contribution is -0.118. The second-order valence-corrected chi connectivity index (χ2v) is 2.91. The van der Waals surface area contributed by atoms with Gasteiger partial charge < -0.3 is 5.11 Å². The number of aliphatic hydroxyl groups is 1. The van der Waals surface area contributed by atoms with E-state index in [4.69, 9.17) is 0 Å². The first kappa shape index (κ1) is 10.4. The predicted octanol–water partition coefficient (Wildman–Crippen LogP) is 2.51. The molecule has 0 aliphatic rings. The first-order chi connectivity index (χ1) is 6.61. The molecule has 0 saturated carbocycles. The molecule has 1 rings (SSSR count). The van der Waals surface area contributed by atoms with E-state index in [1.165, 1.54) is 0 Å². The minimum atomic E-state index is -1.58. The van der Waals surface area contributed by atoms with Crippen LogP contribution in [0.15, 0.2) is 36.4 Å². The Labute approximate surface area is 81.7 Å². The van der Waals surface area contributed by atoms with E-state index < -0.39 is 12.0 Å². The van der Waals surface area contributed by atoms with Gasteiger partial charge in [0.1, 0.15) is 5.76 Å². The SMILES string of the molecule is CC(F)C(=O)C=C(O)c1ccccc1. The molecule has 3 heteroatoms. The highest BCUT2D eigenvalue weighted by Crippen LogP contribution is 2.10. The normalized spacial score (nSPS) is 13.7. The van der Waals surface area contributed by atoms with Crippen LogP contribution in [-0.2, 0) is 4.79 Å². The summed E-state index contributed by atoms with van der Waals surface area (Å²) in [6.07, 6.45) is -0.680. The molecule has 0 spiro atoms. The average Bonchev–Trinajstić information content (AvgIpc) is 2.19. The van der Waals surface area contributed by atoms with E-state index >= 15 is 0 Å². The van der Waals surface area contributed by atoms with Crippen molar-refractivity contribution in [3.8, 4) is 0 Å². The second kappa shape index (κ2) is 4.56. The Morgan fingerprint density at radius 3 is 2.50 bits per heavy atom. The summed E-state index contributed by atoms with van der Waals surface area (Å²) in [6, 6.07) is 8.52. The van der Waals surface area contributed by atoms with Crippen LogP contribution in [0.1, 0.15) is 12.5 Å². The maximum atomic E-state index is 12.5. The molecule has 0 aliphatic heterocycles. The number of hydrogen-bond donors (Lipinski definition) is 1. The highest BCUT2D eigenvalue weighted by atomic mass is 19.1. The van der Waals surface area contributed by atoms with Gasteiger partial charge in [-0.3, -0.25) is 4.79 Å². The highest BCUT2D eigenvalue weighted by Gasteiger charge is 2.09. The van der Waals surface area contributed by atoms with Gasteiger partial charge in [-0.15, -0.1) is 0 Å². The molecule has 2 nitrogen and oxygen atoms in total. The Morgan fingerprint density at radius 1 is 1.43 bits per heavy atom. The van der Waals surface area contributed by atoms with Gasteiger partial charge in [-0.1, -0.05) is 30.3 Å². The largest absolute Gasteiger partial charge is 0.507 e. The molecule has 0 amide bonds. The van der Waals surface area contributed by atoms with Crippen LogP contribution in [0.5, 0.6) is 0 Å². The second-order valence-electron chi connectivity index (χ2n) is 2.91. The fraction of sp³-hybridized carbons (Fsp3) is 0.182. The summed E-state index contributed by atoms with van der Waals surface area (Å²) in [5.41, 5.74) is 0.501. The zero-order valence-electron chi connectivity index (χ0n) is 7.77. The van der Waals surface area contributed by atoms with Gasteiger partial charge in [0.15, 0.2) is 12.0 Å². The Morgan fingerprint density at radius 2 is 2.00 bits per heavy atom. The lowest BCUT2D eigenvalue weighted by atomic mass is 10.1. The molecule has 0 saturated heterocycles. The molecule has 74 valence electrons. The molecule has 1 atom stereocenters. The van der Waals surface area contributed by atoms with Crippen LogP contribution in [0.2, 0.25) is 0 Å². The molecule has 0 heterocycles. The summed E-state index contributed by atoms with van der Waals surface area (Å²) >= 11 is 0. The molecule has 14 heavy (non-hydrogen) atoms. The van der Waals surface area contributed by atoms with E-state index in [1.807, 2.05) is 0 Å². The van der Waals surface area contributed by atoms with Crippen molar-refractivity contribution < 1.29 is 14.3 Å². The molecule has 0 aromatic heterocycles. The van der Waals surface area contributed by atoms with Gasteiger partial charge >= 0.3 is 0 Å². The third kappa shape index (κ3) is 2.69. The number of carbonyl (C=O) groups is 1. The van der Waals surface area contributed by atoms with Crippen LogP contribution in [-0.4, -0.2) is 17.1 Å². The van der Waals surface area contributed by atoms with Crippen molar-refractivity contribution in [3.05, 3.63) is 42.0 Å². The van der Waals surface area contributed by atoms with E-state index in [0.29, 0.717) is 5.56 Å². The molecule has 0 radical (unpaired) electrons. The fourth-order valence-corrected chi connectivity index (χ4v) is 0.942. The van der Waals surface area contributed by atoms with Crippen molar-refractivity contribution >= 4 is 11.5 Å². The van der Waals surface area contributed by atoms with Crippen molar-refractivity contribution in [1.82, 2.24) is 0 Å². The lowest BCUT2D eigenvalue weighted by Gasteiger charge is -1.99. The number of alkyl halides is 1. The molecular weight excluding hydrogens is 183 g/mol. The number of benzene rings is 1. The number of allylic oxidation sites excluding steroid dienone is 1. The fourth-order valence-electron chi connectivity index (χ4n) is 0.942. The first-order valence-electron chi connectivity index (χ1n) is 4.25. The Bertz CT molecular complexity index is 342. The topological polar surface area (TPSA) is 37.3 Å². The summed E-state index contributed by atoms with van der Waals surface area (Å²) in [5.74, 6) is -0.938. The van der Waals surface area contributed by atoms with Gasteiger partial charge in [0, 0.05) is 11.6 Å². The number of carbonyl (C=O) groups excluding carboxylic acids is 1. The number of hydrogen-bond acceptors (Lipinski definition) is 2. The summed E-state index contributed by atoms with van der Waals surface area (Å²) in [6.45, 7) is 1.14. The number of aliphatic hydroxyl groups excluding tert-OH is 1. The van der Waals surface area contributed by atoms with E-state index in [-0.39, 0.29) is 5.76 Å². The van der Waals surface area contributed by atoms with Crippen molar-refractivity contribution in [2.75, 3.05) is 0 Å². The van der Waals surface area contributed by atoms with Crippen molar-refractivity contribution in [2.45, 2.75) is 13.1 Å². The van der Waals surface area contributed by atoms with Crippen molar-refractivity contribution in [3.63, 3.8) is 0 Å². The van der Waals surface area contributed by atoms with Crippen LogP contribution in [0.25, 0.3) is 5.76 Å². The van der Waals surface area contributed by atoms with E-state index in [1.54, 1.807) is 30.3 Å². The zero-order valence-corrected chi connectivity index (χ0v) is 7.77. The maximum Gasteiger partial charge on any atom is 0.193 e. The van der Waals surface area contributed by atoms with Crippen LogP contribution in [0.4, 0.5) is 4.39 Å². The smallest absolute Gasteiger partial charge is 0.193 e. The lowest BCUT2D eigenvalue weighted by Crippen LogP contribution is -2.08. The minimum Gasteiger partial charge on any atom is -0.507 e. The van der Waals surface area contributed by atoms with Gasteiger partial charge in [-0.25, -0.2) is 4.39 Å². The number of rotatable bonds is 3. The standard InChI is InChI=1S/C11H11FO2/c1-8(12)10(13)7-11(14)9-5-3-2-4-6-9/h2-8,14H,1H3. The molecule has 1 N–H and O–H groups in total. The molecule has 0 aliphatic carbocycles. The monoisotopic (exact) mass is 194 g/mol. The summed E-state index contributed by atoms with van der Waals surface area (Å²) in [5, 5.41) is 9.41. The van der Waals surface area contributed by atoms with E-state index in [9.17, 15) is 14.3 Å². The molecular formula is C11H11FO2. The van der Waals surface area contributed by atoms with Gasteiger partial charge in [0.05, 0.1) is 0 Å². The summed E-state index contributed by atoms with van der Waals surface area (Å²) in [4.78, 5) is 10.9. The summed E-state index contributed by atoms with van der Waals surface area (Å²) in [7, 11) is 0. The summed E-state index contributed by atoms with van der Waals surface area (Å²) < 4.78 is 12.5. The third-order valence-electron chi connectivity index (χ3n) is 1.74.